The molecule has 0 bridgehead atoms. The SMILES string of the molecule is Cc1cccc2c1[CH]CCC2. The molecule has 1 aromatic carbocycles. The van der Waals surface area contributed by atoms with E-state index in [0.29, 0.717) is 0 Å². The predicted octanol–water partition coefficient (Wildman–Crippen LogP) is 2.88. The van der Waals surface area contributed by atoms with Gasteiger partial charge in [-0.3, -0.25) is 0 Å². The van der Waals surface area contributed by atoms with Crippen molar-refractivity contribution in [3.63, 3.8) is 0 Å². The van der Waals surface area contributed by atoms with Crippen LogP contribution in [0.3, 0.4) is 0 Å². The van der Waals surface area contributed by atoms with Gasteiger partial charge in [-0.25, -0.2) is 0 Å². The van der Waals surface area contributed by atoms with E-state index in [4.69, 9.17) is 0 Å². The van der Waals surface area contributed by atoms with Crippen molar-refractivity contribution in [2.24, 2.45) is 0 Å². The highest BCUT2D eigenvalue weighted by molar-refractivity contribution is 5.41. The maximum absolute atomic E-state index is 2.37. The van der Waals surface area contributed by atoms with E-state index in [1.807, 2.05) is 0 Å². The molecule has 0 spiro atoms. The molecular weight excluding hydrogens is 132 g/mol. The molecule has 0 saturated carbocycles. The molecule has 2 rings (SSSR count). The third kappa shape index (κ3) is 1.18. The van der Waals surface area contributed by atoms with Gasteiger partial charge < -0.3 is 0 Å². The van der Waals surface area contributed by atoms with Crippen LogP contribution < -0.4 is 0 Å². The fourth-order valence-electron chi connectivity index (χ4n) is 1.79. The van der Waals surface area contributed by atoms with Crippen molar-refractivity contribution in [2.45, 2.75) is 26.2 Å². The lowest BCUT2D eigenvalue weighted by Crippen LogP contribution is -2.01. The Labute approximate surface area is 68.3 Å². The van der Waals surface area contributed by atoms with E-state index >= 15 is 0 Å². The molecule has 0 saturated heterocycles. The van der Waals surface area contributed by atoms with Gasteiger partial charge in [-0.2, -0.15) is 0 Å². The number of aryl methyl sites for hydroxylation is 2. The molecule has 1 radical (unpaired) electrons. The van der Waals surface area contributed by atoms with Crippen molar-refractivity contribution in [1.29, 1.82) is 0 Å². The van der Waals surface area contributed by atoms with Gasteiger partial charge in [0.1, 0.15) is 0 Å². The first kappa shape index (κ1) is 6.90. The summed E-state index contributed by atoms with van der Waals surface area (Å²) in [5.41, 5.74) is 4.47. The molecule has 0 heterocycles. The number of benzene rings is 1. The Morgan fingerprint density at radius 3 is 3.00 bits per heavy atom. The summed E-state index contributed by atoms with van der Waals surface area (Å²) in [5, 5.41) is 0. The Morgan fingerprint density at radius 2 is 2.18 bits per heavy atom. The number of rotatable bonds is 0. The van der Waals surface area contributed by atoms with E-state index in [9.17, 15) is 0 Å². The Morgan fingerprint density at radius 1 is 1.27 bits per heavy atom. The lowest BCUT2D eigenvalue weighted by atomic mass is 9.89. The van der Waals surface area contributed by atoms with Crippen molar-refractivity contribution in [3.8, 4) is 0 Å². The highest BCUT2D eigenvalue weighted by Gasteiger charge is 2.09. The zero-order valence-corrected chi connectivity index (χ0v) is 6.93. The minimum atomic E-state index is 1.26. The van der Waals surface area contributed by atoms with Crippen LogP contribution in [0, 0.1) is 13.3 Å². The second-order valence-corrected chi connectivity index (χ2v) is 3.24. The highest BCUT2D eigenvalue weighted by atomic mass is 14.1. The smallest absolute Gasteiger partial charge is 0.00874 e. The van der Waals surface area contributed by atoms with Gasteiger partial charge in [0.25, 0.3) is 0 Å². The monoisotopic (exact) mass is 145 g/mol. The first-order valence-electron chi connectivity index (χ1n) is 4.29. The molecule has 0 aliphatic heterocycles. The van der Waals surface area contributed by atoms with Crippen LogP contribution in [0.1, 0.15) is 29.5 Å². The van der Waals surface area contributed by atoms with Crippen LogP contribution >= 0.6 is 0 Å². The van der Waals surface area contributed by atoms with Gasteiger partial charge in [0.05, 0.1) is 0 Å². The molecule has 1 aromatic rings. The Hall–Kier alpha value is -0.780. The summed E-state index contributed by atoms with van der Waals surface area (Å²) in [6.07, 6.45) is 6.23. The molecule has 0 nitrogen and oxygen atoms in total. The summed E-state index contributed by atoms with van der Waals surface area (Å²) in [7, 11) is 0. The van der Waals surface area contributed by atoms with Crippen molar-refractivity contribution < 1.29 is 0 Å². The lowest BCUT2D eigenvalue weighted by molar-refractivity contribution is 0.772. The molecule has 1 aliphatic carbocycles. The molecule has 11 heavy (non-hydrogen) atoms. The highest BCUT2D eigenvalue weighted by Crippen LogP contribution is 2.24. The van der Waals surface area contributed by atoms with E-state index in [2.05, 4.69) is 31.5 Å². The van der Waals surface area contributed by atoms with Crippen LogP contribution in [0.25, 0.3) is 0 Å². The zero-order valence-electron chi connectivity index (χ0n) is 6.93. The topological polar surface area (TPSA) is 0 Å². The van der Waals surface area contributed by atoms with Crippen molar-refractivity contribution >= 4 is 0 Å². The van der Waals surface area contributed by atoms with Gasteiger partial charge in [0.2, 0.25) is 0 Å². The quantitative estimate of drug-likeness (QED) is 0.526. The van der Waals surface area contributed by atoms with E-state index in [-0.39, 0.29) is 0 Å². The normalized spacial score (nSPS) is 16.1. The lowest BCUT2D eigenvalue weighted by Gasteiger charge is -2.16. The van der Waals surface area contributed by atoms with Crippen LogP contribution in [0.15, 0.2) is 18.2 Å². The van der Waals surface area contributed by atoms with Gasteiger partial charge in [0, 0.05) is 0 Å². The minimum absolute atomic E-state index is 1.26. The van der Waals surface area contributed by atoms with Crippen LogP contribution in [0.5, 0.6) is 0 Å². The summed E-state index contributed by atoms with van der Waals surface area (Å²) >= 11 is 0. The summed E-state index contributed by atoms with van der Waals surface area (Å²) in [6.45, 7) is 2.20. The van der Waals surface area contributed by atoms with Crippen LogP contribution in [0.4, 0.5) is 0 Å². The second kappa shape index (κ2) is 2.69. The standard InChI is InChI=1S/C11H13/c1-9-5-4-7-10-6-2-3-8-11(9)10/h4-5,7-8H,2-3,6H2,1H3. The molecule has 0 amide bonds. The Bertz CT molecular complexity index is 261. The van der Waals surface area contributed by atoms with Crippen molar-refractivity contribution in [2.75, 3.05) is 0 Å². The molecule has 0 atom stereocenters. The first-order chi connectivity index (χ1) is 5.38. The Balaban J connectivity index is 2.49. The van der Waals surface area contributed by atoms with Crippen molar-refractivity contribution in [1.82, 2.24) is 0 Å². The first-order valence-corrected chi connectivity index (χ1v) is 4.29. The van der Waals surface area contributed by atoms with Gasteiger partial charge in [-0.1, -0.05) is 18.2 Å². The van der Waals surface area contributed by atoms with Gasteiger partial charge in [-0.15, -0.1) is 0 Å². The average Bonchev–Trinajstić information content (AvgIpc) is 2.06. The number of fused-ring (bicyclic) bond motifs is 1. The molecule has 1 aliphatic rings. The van der Waals surface area contributed by atoms with E-state index in [1.165, 1.54) is 36.0 Å². The predicted molar refractivity (Wildman–Crippen MR) is 47.5 cm³/mol. The van der Waals surface area contributed by atoms with Gasteiger partial charge in [-0.05, 0) is 49.3 Å². The summed E-state index contributed by atoms with van der Waals surface area (Å²) in [4.78, 5) is 0. The molecular formula is C11H13. The second-order valence-electron chi connectivity index (χ2n) is 3.24. The zero-order chi connectivity index (χ0) is 7.68. The third-order valence-corrected chi connectivity index (χ3v) is 2.41. The molecule has 0 N–H and O–H groups in total. The Kier molecular flexibility index (Phi) is 1.69. The fraction of sp³-hybridized carbons (Fsp3) is 0.364. The summed E-state index contributed by atoms with van der Waals surface area (Å²) < 4.78 is 0. The summed E-state index contributed by atoms with van der Waals surface area (Å²) in [5.74, 6) is 0. The largest absolute Gasteiger partial charge is 0.0617 e. The molecule has 0 heteroatoms. The maximum Gasteiger partial charge on any atom is -0.00874 e. The van der Waals surface area contributed by atoms with E-state index < -0.39 is 0 Å². The summed E-state index contributed by atoms with van der Waals surface area (Å²) in [6, 6.07) is 6.60. The van der Waals surface area contributed by atoms with Crippen molar-refractivity contribution in [3.05, 3.63) is 41.3 Å². The average molecular weight is 145 g/mol. The molecule has 0 aromatic heterocycles. The number of hydrogen-bond donors (Lipinski definition) is 0. The van der Waals surface area contributed by atoms with Crippen LogP contribution in [-0.2, 0) is 6.42 Å². The number of hydrogen-bond acceptors (Lipinski definition) is 0. The minimum Gasteiger partial charge on any atom is -0.0617 e. The van der Waals surface area contributed by atoms with Crippen LogP contribution in [0.2, 0.25) is 0 Å². The molecule has 57 valence electrons. The van der Waals surface area contributed by atoms with Gasteiger partial charge >= 0.3 is 0 Å². The van der Waals surface area contributed by atoms with Crippen LogP contribution in [-0.4, -0.2) is 0 Å². The maximum atomic E-state index is 2.37. The fourth-order valence-corrected chi connectivity index (χ4v) is 1.79. The molecule has 0 unspecified atom stereocenters. The van der Waals surface area contributed by atoms with Gasteiger partial charge in [0.15, 0.2) is 0 Å². The molecule has 0 fully saturated rings. The van der Waals surface area contributed by atoms with E-state index in [1.54, 1.807) is 0 Å². The van der Waals surface area contributed by atoms with E-state index in [0.717, 1.165) is 0 Å². The third-order valence-electron chi connectivity index (χ3n) is 2.41.